The van der Waals surface area contributed by atoms with Gasteiger partial charge in [-0.15, -0.1) is 10.2 Å². The Morgan fingerprint density at radius 3 is 2.20 bits per heavy atom. The van der Waals surface area contributed by atoms with Gasteiger partial charge >= 0.3 is 0 Å². The lowest BCUT2D eigenvalue weighted by Crippen LogP contribution is -2.08. The van der Waals surface area contributed by atoms with Crippen LogP contribution in [0.25, 0.3) is 11.4 Å². The van der Waals surface area contributed by atoms with Gasteiger partial charge in [-0.3, -0.25) is 4.79 Å². The van der Waals surface area contributed by atoms with Crippen LogP contribution in [-0.2, 0) is 20.0 Å². The lowest BCUT2D eigenvalue weighted by atomic mass is 10.1. The van der Waals surface area contributed by atoms with E-state index in [2.05, 4.69) is 33.8 Å². The Labute approximate surface area is 210 Å². The molecule has 0 radical (unpaired) electrons. The monoisotopic (exact) mass is 490 g/mol. The van der Waals surface area contributed by atoms with Crippen molar-refractivity contribution in [2.24, 2.45) is 7.05 Å². The maximum absolute atomic E-state index is 13.1. The van der Waals surface area contributed by atoms with Gasteiger partial charge in [0.1, 0.15) is 11.5 Å². The van der Waals surface area contributed by atoms with Gasteiger partial charge in [0.05, 0.1) is 20.0 Å². The van der Waals surface area contributed by atoms with Crippen molar-refractivity contribution < 1.29 is 14.3 Å². The molecule has 0 atom stereocenters. The number of rotatable bonds is 10. The largest absolute Gasteiger partial charge is 0.497 e. The van der Waals surface area contributed by atoms with Crippen molar-refractivity contribution in [2.45, 2.75) is 32.0 Å². The number of carbonyl (C=O) groups excluding carboxylic acids is 1. The van der Waals surface area contributed by atoms with E-state index in [1.807, 2.05) is 61.0 Å². The van der Waals surface area contributed by atoms with Crippen LogP contribution in [0.4, 0.5) is 0 Å². The summed E-state index contributed by atoms with van der Waals surface area (Å²) in [5.41, 5.74) is 5.03. The zero-order valence-corrected chi connectivity index (χ0v) is 21.6. The third kappa shape index (κ3) is 5.43. The van der Waals surface area contributed by atoms with E-state index in [-0.39, 0.29) is 5.78 Å². The first-order valence-electron chi connectivity index (χ1n) is 11.4. The molecule has 0 N–H and O–H groups in total. The van der Waals surface area contributed by atoms with Gasteiger partial charge in [0.15, 0.2) is 16.8 Å². The van der Waals surface area contributed by atoms with Crippen LogP contribution in [-0.4, -0.2) is 45.1 Å². The first-order valence-corrected chi connectivity index (χ1v) is 12.4. The Kier molecular flexibility index (Phi) is 7.60. The van der Waals surface area contributed by atoms with E-state index < -0.39 is 0 Å². The number of hydrogen-bond donors (Lipinski definition) is 0. The van der Waals surface area contributed by atoms with Crippen LogP contribution in [0.2, 0.25) is 0 Å². The molecule has 0 aliphatic rings. The number of hydrogen-bond acceptors (Lipinski definition) is 6. The fraction of sp³-hybridized carbons (Fsp3) is 0.296. The Balaban J connectivity index is 1.40. The molecule has 4 rings (SSSR count). The summed E-state index contributed by atoms with van der Waals surface area (Å²) in [5.74, 6) is 2.79. The minimum Gasteiger partial charge on any atom is -0.497 e. The number of aromatic nitrogens is 4. The Morgan fingerprint density at radius 2 is 1.57 bits per heavy atom. The van der Waals surface area contributed by atoms with Crippen molar-refractivity contribution >= 4 is 17.5 Å². The highest BCUT2D eigenvalue weighted by Gasteiger charge is 2.18. The molecule has 0 saturated carbocycles. The van der Waals surface area contributed by atoms with Gasteiger partial charge in [-0.2, -0.15) is 0 Å². The van der Waals surface area contributed by atoms with Crippen molar-refractivity contribution in [3.8, 4) is 22.9 Å². The van der Waals surface area contributed by atoms with E-state index in [1.165, 1.54) is 17.3 Å². The minimum absolute atomic E-state index is 0.0906. The highest BCUT2D eigenvalue weighted by atomic mass is 32.2. The van der Waals surface area contributed by atoms with E-state index in [4.69, 9.17) is 9.47 Å². The topological polar surface area (TPSA) is 71.2 Å². The maximum Gasteiger partial charge on any atom is 0.191 e. The molecular weight excluding hydrogens is 460 g/mol. The van der Waals surface area contributed by atoms with E-state index >= 15 is 0 Å². The zero-order valence-electron chi connectivity index (χ0n) is 20.7. The number of Topliss-reactive ketones (excluding diaryl/α,β-unsaturated/α-hetero) is 1. The molecule has 2 heterocycles. The predicted octanol–water partition coefficient (Wildman–Crippen LogP) is 5.14. The second kappa shape index (κ2) is 10.8. The average Bonchev–Trinajstić information content (AvgIpc) is 3.39. The lowest BCUT2D eigenvalue weighted by molar-refractivity contribution is 0.102. The molecule has 0 fully saturated rings. The summed E-state index contributed by atoms with van der Waals surface area (Å²) >= 11 is 1.40. The normalized spacial score (nSPS) is 11.0. The molecule has 0 amide bonds. The molecule has 35 heavy (non-hydrogen) atoms. The number of benzene rings is 2. The molecule has 2 aromatic heterocycles. The number of aryl methyl sites for hydroxylation is 2. The summed E-state index contributed by atoms with van der Waals surface area (Å²) in [6.45, 7) is 4.89. The van der Waals surface area contributed by atoms with E-state index in [0.717, 1.165) is 52.8 Å². The van der Waals surface area contributed by atoms with Crippen molar-refractivity contribution in [3.63, 3.8) is 0 Å². The first kappa shape index (κ1) is 24.6. The van der Waals surface area contributed by atoms with E-state index in [9.17, 15) is 4.79 Å². The maximum atomic E-state index is 13.1. The SMILES string of the molecule is COc1ccc(CCn2c(C)cc(C(=O)CSc3nnc(-c4ccc(OC)cc4)n3C)c2C)cc1. The highest BCUT2D eigenvalue weighted by molar-refractivity contribution is 7.99. The summed E-state index contributed by atoms with van der Waals surface area (Å²) in [5, 5.41) is 9.33. The van der Waals surface area contributed by atoms with Crippen LogP contribution in [0, 0.1) is 13.8 Å². The van der Waals surface area contributed by atoms with Gasteiger partial charge in [0.2, 0.25) is 0 Å². The lowest BCUT2D eigenvalue weighted by Gasteiger charge is -2.10. The standard InChI is InChI=1S/C27H30N4O3S/c1-18-16-24(19(2)31(18)15-14-20-6-10-22(33-4)11-7-20)25(32)17-35-27-29-28-26(30(27)3)21-8-12-23(34-5)13-9-21/h6-13,16H,14-15,17H2,1-5H3. The van der Waals surface area contributed by atoms with Crippen LogP contribution in [0.3, 0.4) is 0 Å². The third-order valence-electron chi connectivity index (χ3n) is 6.17. The van der Waals surface area contributed by atoms with Crippen LogP contribution >= 0.6 is 11.8 Å². The van der Waals surface area contributed by atoms with Gasteiger partial charge < -0.3 is 18.6 Å². The van der Waals surface area contributed by atoms with Crippen molar-refractivity contribution in [3.05, 3.63) is 77.1 Å². The fourth-order valence-electron chi connectivity index (χ4n) is 4.10. The second-order valence-corrected chi connectivity index (χ2v) is 9.28. The molecule has 0 saturated heterocycles. The molecule has 0 aliphatic heterocycles. The fourth-order valence-corrected chi connectivity index (χ4v) is 4.89. The number of ketones is 1. The van der Waals surface area contributed by atoms with Crippen LogP contribution in [0.15, 0.2) is 59.8 Å². The van der Waals surface area contributed by atoms with Crippen molar-refractivity contribution in [1.82, 2.24) is 19.3 Å². The molecule has 0 bridgehead atoms. The summed E-state index contributed by atoms with van der Waals surface area (Å²) in [6.07, 6.45) is 0.885. The third-order valence-corrected chi connectivity index (χ3v) is 7.19. The van der Waals surface area contributed by atoms with E-state index in [1.54, 1.807) is 14.2 Å². The van der Waals surface area contributed by atoms with Gasteiger partial charge in [-0.05, 0) is 68.3 Å². The zero-order chi connectivity index (χ0) is 24.9. The number of ether oxygens (including phenoxy) is 2. The number of nitrogens with zero attached hydrogens (tertiary/aromatic N) is 4. The van der Waals surface area contributed by atoms with E-state index in [0.29, 0.717) is 10.9 Å². The molecule has 2 aromatic carbocycles. The molecule has 182 valence electrons. The molecule has 0 unspecified atom stereocenters. The van der Waals surface area contributed by atoms with Crippen LogP contribution < -0.4 is 9.47 Å². The second-order valence-electron chi connectivity index (χ2n) is 8.34. The summed E-state index contributed by atoms with van der Waals surface area (Å²) in [4.78, 5) is 13.1. The Hall–Kier alpha value is -3.52. The quantitative estimate of drug-likeness (QED) is 0.227. The molecular formula is C27H30N4O3S. The van der Waals surface area contributed by atoms with Crippen molar-refractivity contribution in [2.75, 3.05) is 20.0 Å². The number of thioether (sulfide) groups is 1. The predicted molar refractivity (Wildman–Crippen MR) is 139 cm³/mol. The molecule has 0 spiro atoms. The average molecular weight is 491 g/mol. The van der Waals surface area contributed by atoms with Gasteiger partial charge in [0, 0.05) is 36.1 Å². The first-order chi connectivity index (χ1) is 16.9. The smallest absolute Gasteiger partial charge is 0.191 e. The highest BCUT2D eigenvalue weighted by Crippen LogP contribution is 2.26. The van der Waals surface area contributed by atoms with Gasteiger partial charge in [-0.1, -0.05) is 23.9 Å². The Bertz CT molecular complexity index is 1310. The Morgan fingerprint density at radius 1 is 0.943 bits per heavy atom. The molecule has 7 nitrogen and oxygen atoms in total. The summed E-state index contributed by atoms with van der Waals surface area (Å²) in [7, 11) is 5.22. The minimum atomic E-state index is 0.0906. The summed E-state index contributed by atoms with van der Waals surface area (Å²) in [6, 6.07) is 17.8. The molecule has 4 aromatic rings. The van der Waals surface area contributed by atoms with Gasteiger partial charge in [0.25, 0.3) is 0 Å². The van der Waals surface area contributed by atoms with Gasteiger partial charge in [-0.25, -0.2) is 0 Å². The summed E-state index contributed by atoms with van der Waals surface area (Å²) < 4.78 is 14.6. The molecule has 0 aliphatic carbocycles. The van der Waals surface area contributed by atoms with Crippen LogP contribution in [0.1, 0.15) is 27.3 Å². The number of carbonyl (C=O) groups is 1. The van der Waals surface area contributed by atoms with Crippen LogP contribution in [0.5, 0.6) is 11.5 Å². The molecule has 8 heteroatoms. The van der Waals surface area contributed by atoms with Crippen molar-refractivity contribution in [1.29, 1.82) is 0 Å². The number of methoxy groups -OCH3 is 2.